The molecule has 22 heavy (non-hydrogen) atoms. The zero-order valence-electron chi connectivity index (χ0n) is 13.0. The first-order valence-corrected chi connectivity index (χ1v) is 7.62. The number of aromatic nitrogens is 2. The van der Waals surface area contributed by atoms with Crippen molar-refractivity contribution in [3.05, 3.63) is 47.3 Å². The molecular weight excluding hydrogens is 278 g/mol. The van der Waals surface area contributed by atoms with Crippen molar-refractivity contribution in [2.45, 2.75) is 25.7 Å². The summed E-state index contributed by atoms with van der Waals surface area (Å²) in [4.78, 5) is 14.7. The van der Waals surface area contributed by atoms with E-state index >= 15 is 0 Å². The van der Waals surface area contributed by atoms with Gasteiger partial charge in [-0.3, -0.25) is 9.89 Å². The number of hydrogen-bond donors (Lipinski definition) is 1. The molecule has 1 atom stereocenters. The molecule has 5 nitrogen and oxygen atoms in total. The molecule has 1 fully saturated rings. The number of aromatic amines is 1. The topological polar surface area (TPSA) is 58.2 Å². The lowest BCUT2D eigenvalue weighted by Gasteiger charge is -2.32. The Morgan fingerprint density at radius 3 is 2.95 bits per heavy atom. The molecule has 2 heterocycles. The number of amides is 1. The summed E-state index contributed by atoms with van der Waals surface area (Å²) >= 11 is 0. The van der Waals surface area contributed by atoms with Crippen LogP contribution in [0.25, 0.3) is 0 Å². The minimum Gasteiger partial charge on any atom is -0.497 e. The number of nitrogens with one attached hydrogen (secondary N) is 1. The summed E-state index contributed by atoms with van der Waals surface area (Å²) in [6, 6.07) is 7.60. The Morgan fingerprint density at radius 1 is 1.41 bits per heavy atom. The zero-order valence-corrected chi connectivity index (χ0v) is 13.0. The smallest absolute Gasteiger partial charge is 0.254 e. The van der Waals surface area contributed by atoms with Crippen molar-refractivity contribution >= 4 is 5.91 Å². The maximum Gasteiger partial charge on any atom is 0.254 e. The van der Waals surface area contributed by atoms with Gasteiger partial charge in [-0.05, 0) is 49.6 Å². The van der Waals surface area contributed by atoms with E-state index in [2.05, 4.69) is 10.2 Å². The number of likely N-dealkylation sites (tertiary alicyclic amines) is 1. The molecule has 5 heteroatoms. The van der Waals surface area contributed by atoms with E-state index < -0.39 is 0 Å². The van der Waals surface area contributed by atoms with Crippen LogP contribution in [0.15, 0.2) is 30.5 Å². The molecule has 2 aromatic rings. The molecule has 0 spiro atoms. The van der Waals surface area contributed by atoms with Gasteiger partial charge in [-0.2, -0.15) is 5.10 Å². The highest BCUT2D eigenvalue weighted by molar-refractivity contribution is 5.96. The summed E-state index contributed by atoms with van der Waals surface area (Å²) in [6.45, 7) is 3.51. The highest BCUT2D eigenvalue weighted by Crippen LogP contribution is 2.27. The number of ether oxygens (including phenoxy) is 1. The first kappa shape index (κ1) is 14.6. The monoisotopic (exact) mass is 299 g/mol. The second kappa shape index (κ2) is 6.22. The number of piperidine rings is 1. The molecule has 1 amide bonds. The second-order valence-electron chi connectivity index (χ2n) is 5.78. The fraction of sp³-hybridized carbons (Fsp3) is 0.412. The van der Waals surface area contributed by atoms with E-state index in [1.54, 1.807) is 13.3 Å². The van der Waals surface area contributed by atoms with Crippen molar-refractivity contribution in [2.75, 3.05) is 20.2 Å². The van der Waals surface area contributed by atoms with E-state index in [1.165, 1.54) is 0 Å². The summed E-state index contributed by atoms with van der Waals surface area (Å²) < 4.78 is 5.21. The standard InChI is InChI=1S/C17H21N3O2/c1-12-10-14(22-2)5-6-15(12)17(21)20-9-3-4-13(11-20)16-7-8-18-19-16/h5-8,10,13H,3-4,9,11H2,1-2H3,(H,18,19). The third kappa shape index (κ3) is 2.84. The Balaban J connectivity index is 1.77. The SMILES string of the molecule is COc1ccc(C(=O)N2CCCC(c3ccn[nH]3)C2)c(C)c1. The number of nitrogens with zero attached hydrogens (tertiary/aromatic N) is 2. The van der Waals surface area contributed by atoms with Gasteiger partial charge in [0, 0.05) is 36.5 Å². The van der Waals surface area contributed by atoms with Crippen molar-refractivity contribution in [3.8, 4) is 5.75 Å². The number of rotatable bonds is 3. The van der Waals surface area contributed by atoms with Gasteiger partial charge >= 0.3 is 0 Å². The maximum atomic E-state index is 12.8. The molecule has 0 bridgehead atoms. The number of aryl methyl sites for hydroxylation is 1. The van der Waals surface area contributed by atoms with E-state index in [0.29, 0.717) is 5.92 Å². The molecular formula is C17H21N3O2. The van der Waals surface area contributed by atoms with Crippen molar-refractivity contribution in [1.29, 1.82) is 0 Å². The van der Waals surface area contributed by atoms with Gasteiger partial charge in [0.05, 0.1) is 7.11 Å². The third-order valence-corrected chi connectivity index (χ3v) is 4.33. The highest BCUT2D eigenvalue weighted by Gasteiger charge is 2.26. The van der Waals surface area contributed by atoms with E-state index in [9.17, 15) is 4.79 Å². The van der Waals surface area contributed by atoms with Gasteiger partial charge < -0.3 is 9.64 Å². The lowest BCUT2D eigenvalue weighted by Crippen LogP contribution is -2.39. The molecule has 1 aromatic carbocycles. The van der Waals surface area contributed by atoms with Crippen LogP contribution in [0, 0.1) is 6.92 Å². The van der Waals surface area contributed by atoms with E-state index in [1.807, 2.05) is 36.1 Å². The minimum absolute atomic E-state index is 0.101. The quantitative estimate of drug-likeness (QED) is 0.948. The van der Waals surface area contributed by atoms with Gasteiger partial charge in [0.25, 0.3) is 5.91 Å². The average Bonchev–Trinajstić information content (AvgIpc) is 3.09. The molecule has 1 saturated heterocycles. The molecule has 0 aliphatic carbocycles. The number of methoxy groups -OCH3 is 1. The summed E-state index contributed by atoms with van der Waals surface area (Å²) in [7, 11) is 1.63. The van der Waals surface area contributed by atoms with E-state index in [-0.39, 0.29) is 5.91 Å². The van der Waals surface area contributed by atoms with Crippen LogP contribution >= 0.6 is 0 Å². The highest BCUT2D eigenvalue weighted by atomic mass is 16.5. The fourth-order valence-electron chi connectivity index (χ4n) is 3.08. The number of H-pyrrole nitrogens is 1. The zero-order chi connectivity index (χ0) is 15.5. The molecule has 1 N–H and O–H groups in total. The van der Waals surface area contributed by atoms with Crippen LogP contribution in [-0.4, -0.2) is 41.2 Å². The Kier molecular flexibility index (Phi) is 4.13. The van der Waals surface area contributed by atoms with Gasteiger partial charge in [0.1, 0.15) is 5.75 Å². The van der Waals surface area contributed by atoms with Crippen LogP contribution in [-0.2, 0) is 0 Å². The molecule has 1 unspecified atom stereocenters. The Labute approximate surface area is 130 Å². The van der Waals surface area contributed by atoms with Crippen LogP contribution in [0.5, 0.6) is 5.75 Å². The minimum atomic E-state index is 0.101. The summed E-state index contributed by atoms with van der Waals surface area (Å²) in [5.74, 6) is 1.23. The number of hydrogen-bond acceptors (Lipinski definition) is 3. The van der Waals surface area contributed by atoms with Crippen LogP contribution in [0.3, 0.4) is 0 Å². The van der Waals surface area contributed by atoms with Gasteiger partial charge in [-0.25, -0.2) is 0 Å². The molecule has 1 aliphatic rings. The molecule has 0 radical (unpaired) electrons. The van der Waals surface area contributed by atoms with Crippen LogP contribution in [0.1, 0.15) is 40.4 Å². The normalized spacial score (nSPS) is 18.3. The molecule has 0 saturated carbocycles. The number of carbonyl (C=O) groups is 1. The Bertz CT molecular complexity index is 652. The van der Waals surface area contributed by atoms with Crippen molar-refractivity contribution in [1.82, 2.24) is 15.1 Å². The predicted octanol–water partition coefficient (Wildman–Crippen LogP) is 2.75. The average molecular weight is 299 g/mol. The number of benzene rings is 1. The van der Waals surface area contributed by atoms with Crippen LogP contribution < -0.4 is 4.74 Å². The van der Waals surface area contributed by atoms with Gasteiger partial charge in [-0.15, -0.1) is 0 Å². The Morgan fingerprint density at radius 2 is 2.27 bits per heavy atom. The molecule has 1 aliphatic heterocycles. The third-order valence-electron chi connectivity index (χ3n) is 4.33. The molecule has 116 valence electrons. The lowest BCUT2D eigenvalue weighted by atomic mass is 9.94. The summed E-state index contributed by atoms with van der Waals surface area (Å²) in [6.07, 6.45) is 3.88. The van der Waals surface area contributed by atoms with E-state index in [4.69, 9.17) is 4.74 Å². The molecule has 3 rings (SSSR count). The van der Waals surface area contributed by atoms with Gasteiger partial charge in [-0.1, -0.05) is 0 Å². The van der Waals surface area contributed by atoms with Gasteiger partial charge in [0.2, 0.25) is 0 Å². The second-order valence-corrected chi connectivity index (χ2v) is 5.78. The summed E-state index contributed by atoms with van der Waals surface area (Å²) in [5.41, 5.74) is 2.82. The van der Waals surface area contributed by atoms with Crippen molar-refractivity contribution < 1.29 is 9.53 Å². The predicted molar refractivity (Wildman–Crippen MR) is 84.2 cm³/mol. The van der Waals surface area contributed by atoms with Crippen molar-refractivity contribution in [2.24, 2.45) is 0 Å². The van der Waals surface area contributed by atoms with Gasteiger partial charge in [0.15, 0.2) is 0 Å². The number of carbonyl (C=O) groups excluding carboxylic acids is 1. The fourth-order valence-corrected chi connectivity index (χ4v) is 3.08. The van der Waals surface area contributed by atoms with Crippen molar-refractivity contribution in [3.63, 3.8) is 0 Å². The van der Waals surface area contributed by atoms with E-state index in [0.717, 1.165) is 48.5 Å². The molecule has 1 aromatic heterocycles. The van der Waals surface area contributed by atoms with Crippen LogP contribution in [0.4, 0.5) is 0 Å². The van der Waals surface area contributed by atoms with Crippen LogP contribution in [0.2, 0.25) is 0 Å². The Hall–Kier alpha value is -2.30. The first-order chi connectivity index (χ1) is 10.7. The first-order valence-electron chi connectivity index (χ1n) is 7.62. The maximum absolute atomic E-state index is 12.8. The lowest BCUT2D eigenvalue weighted by molar-refractivity contribution is 0.0705. The summed E-state index contributed by atoms with van der Waals surface area (Å²) in [5, 5.41) is 7.04. The largest absolute Gasteiger partial charge is 0.497 e.